The lowest BCUT2D eigenvalue weighted by molar-refractivity contribution is -0.138. The molecule has 0 spiro atoms. The first kappa shape index (κ1) is 21.4. The Hall–Kier alpha value is -1.88. The molecule has 0 bridgehead atoms. The number of carbonyl (C=O) groups excluding carboxylic acids is 2. The molecule has 2 aliphatic rings. The molecule has 2 N–H and O–H groups in total. The standard InChI is InChI=1S/C19H25NO3.C3H9N/c1-12(20-13(2)21)19(22)23-16-10-9-15-8-7-14-5-3-4-6-17(14)18(15)11-16;1-3-4-2/h9-12,14,17H,3-8H2,1-2H3,(H,20,21);4H,3H2,1-2H3. The molecule has 0 heterocycles. The number of esters is 1. The maximum Gasteiger partial charge on any atom is 0.333 e. The smallest absolute Gasteiger partial charge is 0.333 e. The lowest BCUT2D eigenvalue weighted by atomic mass is 9.68. The highest BCUT2D eigenvalue weighted by Crippen LogP contribution is 2.45. The van der Waals surface area contributed by atoms with E-state index in [0.29, 0.717) is 11.7 Å². The number of benzene rings is 1. The maximum absolute atomic E-state index is 12.1. The van der Waals surface area contributed by atoms with Crippen LogP contribution in [-0.2, 0) is 16.0 Å². The third kappa shape index (κ3) is 6.06. The molecule has 1 saturated carbocycles. The fourth-order valence-electron chi connectivity index (χ4n) is 4.08. The number of fused-ring (bicyclic) bond motifs is 3. The topological polar surface area (TPSA) is 67.4 Å². The van der Waals surface area contributed by atoms with E-state index in [1.54, 1.807) is 6.92 Å². The summed E-state index contributed by atoms with van der Waals surface area (Å²) in [4.78, 5) is 23.1. The van der Waals surface area contributed by atoms with Gasteiger partial charge in [-0.15, -0.1) is 0 Å². The summed E-state index contributed by atoms with van der Waals surface area (Å²) in [5, 5.41) is 5.49. The van der Waals surface area contributed by atoms with E-state index in [2.05, 4.69) is 29.7 Å². The summed E-state index contributed by atoms with van der Waals surface area (Å²) >= 11 is 0. The fourth-order valence-corrected chi connectivity index (χ4v) is 4.08. The minimum Gasteiger partial charge on any atom is -0.425 e. The molecule has 1 aromatic carbocycles. The van der Waals surface area contributed by atoms with Gasteiger partial charge in [-0.05, 0) is 81.3 Å². The number of carbonyl (C=O) groups is 2. The molecule has 1 aromatic rings. The van der Waals surface area contributed by atoms with Crippen LogP contribution < -0.4 is 15.4 Å². The van der Waals surface area contributed by atoms with E-state index in [0.717, 1.165) is 18.9 Å². The van der Waals surface area contributed by atoms with Crippen molar-refractivity contribution in [3.63, 3.8) is 0 Å². The Kier molecular flexibility index (Phi) is 8.29. The summed E-state index contributed by atoms with van der Waals surface area (Å²) in [7, 11) is 1.93. The average Bonchev–Trinajstić information content (AvgIpc) is 2.67. The van der Waals surface area contributed by atoms with Crippen LogP contribution in [0.2, 0.25) is 0 Å². The van der Waals surface area contributed by atoms with Crippen LogP contribution in [0, 0.1) is 5.92 Å². The molecule has 0 saturated heterocycles. The van der Waals surface area contributed by atoms with Crippen molar-refractivity contribution in [2.45, 2.75) is 71.3 Å². The van der Waals surface area contributed by atoms with Crippen LogP contribution in [0.25, 0.3) is 0 Å². The largest absolute Gasteiger partial charge is 0.425 e. The summed E-state index contributed by atoms with van der Waals surface area (Å²) in [6.07, 6.45) is 7.64. The van der Waals surface area contributed by atoms with Crippen molar-refractivity contribution >= 4 is 11.9 Å². The molecular formula is C22H34N2O3. The van der Waals surface area contributed by atoms with E-state index >= 15 is 0 Å². The third-order valence-corrected chi connectivity index (χ3v) is 5.56. The molecule has 150 valence electrons. The van der Waals surface area contributed by atoms with Gasteiger partial charge in [0.05, 0.1) is 0 Å². The number of rotatable bonds is 4. The zero-order chi connectivity index (χ0) is 19.8. The monoisotopic (exact) mass is 374 g/mol. The highest BCUT2D eigenvalue weighted by atomic mass is 16.5. The lowest BCUT2D eigenvalue weighted by Gasteiger charge is -2.37. The van der Waals surface area contributed by atoms with Gasteiger partial charge in [0.25, 0.3) is 0 Å². The second kappa shape index (κ2) is 10.5. The van der Waals surface area contributed by atoms with Crippen molar-refractivity contribution in [2.75, 3.05) is 13.6 Å². The second-order valence-electron chi connectivity index (χ2n) is 7.60. The van der Waals surface area contributed by atoms with Gasteiger partial charge in [-0.1, -0.05) is 25.8 Å². The molecule has 3 rings (SSSR count). The van der Waals surface area contributed by atoms with E-state index in [4.69, 9.17) is 4.74 Å². The SMILES string of the molecule is CC(=O)NC(C)C(=O)Oc1ccc2c(c1)C1CCCCC1CC2.CCNC. The first-order valence-electron chi connectivity index (χ1n) is 10.2. The van der Waals surface area contributed by atoms with Gasteiger partial charge in [-0.25, -0.2) is 4.79 Å². The Morgan fingerprint density at radius 2 is 1.93 bits per heavy atom. The summed E-state index contributed by atoms with van der Waals surface area (Å²) in [5.74, 6) is 1.36. The Balaban J connectivity index is 0.000000596. The number of ether oxygens (including phenoxy) is 1. The molecule has 1 fully saturated rings. The minimum absolute atomic E-state index is 0.232. The first-order chi connectivity index (χ1) is 13.0. The predicted molar refractivity (Wildman–Crippen MR) is 108 cm³/mol. The van der Waals surface area contributed by atoms with E-state index in [1.165, 1.54) is 50.2 Å². The minimum atomic E-state index is -0.633. The Labute approximate surface area is 163 Å². The van der Waals surface area contributed by atoms with Crippen LogP contribution in [0.15, 0.2) is 18.2 Å². The number of hydrogen-bond donors (Lipinski definition) is 2. The van der Waals surface area contributed by atoms with Crippen molar-refractivity contribution in [2.24, 2.45) is 5.92 Å². The van der Waals surface area contributed by atoms with Crippen LogP contribution >= 0.6 is 0 Å². The molecule has 3 atom stereocenters. The Bertz CT molecular complexity index is 642. The zero-order valence-electron chi connectivity index (χ0n) is 17.1. The quantitative estimate of drug-likeness (QED) is 0.625. The van der Waals surface area contributed by atoms with E-state index in [-0.39, 0.29) is 5.91 Å². The van der Waals surface area contributed by atoms with Gasteiger partial charge in [0.2, 0.25) is 5.91 Å². The van der Waals surface area contributed by atoms with Gasteiger partial charge in [-0.2, -0.15) is 0 Å². The number of amides is 1. The molecule has 1 amide bonds. The van der Waals surface area contributed by atoms with E-state index in [1.807, 2.05) is 13.1 Å². The van der Waals surface area contributed by atoms with Crippen LogP contribution in [0.4, 0.5) is 0 Å². The van der Waals surface area contributed by atoms with Crippen LogP contribution in [-0.4, -0.2) is 31.5 Å². The number of aryl methyl sites for hydroxylation is 1. The first-order valence-corrected chi connectivity index (χ1v) is 10.2. The zero-order valence-corrected chi connectivity index (χ0v) is 17.1. The lowest BCUT2D eigenvalue weighted by Crippen LogP contribution is -2.39. The van der Waals surface area contributed by atoms with Crippen LogP contribution in [0.5, 0.6) is 5.75 Å². The second-order valence-corrected chi connectivity index (χ2v) is 7.60. The summed E-state index contributed by atoms with van der Waals surface area (Å²) in [6, 6.07) is 5.40. The van der Waals surface area contributed by atoms with E-state index in [9.17, 15) is 9.59 Å². The molecule has 5 heteroatoms. The van der Waals surface area contributed by atoms with Crippen LogP contribution in [0.1, 0.15) is 69.9 Å². The molecular weight excluding hydrogens is 340 g/mol. The van der Waals surface area contributed by atoms with Crippen molar-refractivity contribution in [3.8, 4) is 5.75 Å². The third-order valence-electron chi connectivity index (χ3n) is 5.56. The predicted octanol–water partition coefficient (Wildman–Crippen LogP) is 3.56. The summed E-state index contributed by atoms with van der Waals surface area (Å²) < 4.78 is 5.47. The molecule has 0 aromatic heterocycles. The van der Waals surface area contributed by atoms with Gasteiger partial charge >= 0.3 is 5.97 Å². The fraction of sp³-hybridized carbons (Fsp3) is 0.636. The Morgan fingerprint density at radius 1 is 1.22 bits per heavy atom. The van der Waals surface area contributed by atoms with Crippen molar-refractivity contribution < 1.29 is 14.3 Å². The number of hydrogen-bond acceptors (Lipinski definition) is 4. The number of nitrogens with one attached hydrogen (secondary N) is 2. The molecule has 3 unspecified atom stereocenters. The van der Waals surface area contributed by atoms with Crippen LogP contribution in [0.3, 0.4) is 0 Å². The summed E-state index contributed by atoms with van der Waals surface area (Å²) in [5.41, 5.74) is 2.78. The molecule has 5 nitrogen and oxygen atoms in total. The van der Waals surface area contributed by atoms with Gasteiger partial charge in [0.1, 0.15) is 11.8 Å². The average molecular weight is 375 g/mol. The highest BCUT2D eigenvalue weighted by Gasteiger charge is 2.31. The maximum atomic E-state index is 12.1. The van der Waals surface area contributed by atoms with Crippen molar-refractivity contribution in [1.82, 2.24) is 10.6 Å². The normalized spacial score (nSPS) is 21.6. The van der Waals surface area contributed by atoms with Crippen molar-refractivity contribution in [1.29, 1.82) is 0 Å². The van der Waals surface area contributed by atoms with Crippen molar-refractivity contribution in [3.05, 3.63) is 29.3 Å². The van der Waals surface area contributed by atoms with Gasteiger partial charge in [-0.3, -0.25) is 4.79 Å². The Morgan fingerprint density at radius 3 is 2.59 bits per heavy atom. The molecule has 0 radical (unpaired) electrons. The van der Waals surface area contributed by atoms with Gasteiger partial charge in [0, 0.05) is 6.92 Å². The molecule has 27 heavy (non-hydrogen) atoms. The van der Waals surface area contributed by atoms with Gasteiger partial charge < -0.3 is 15.4 Å². The van der Waals surface area contributed by atoms with Gasteiger partial charge in [0.15, 0.2) is 0 Å². The molecule has 0 aliphatic heterocycles. The van der Waals surface area contributed by atoms with E-state index < -0.39 is 12.0 Å². The summed E-state index contributed by atoms with van der Waals surface area (Å²) in [6.45, 7) is 6.17. The highest BCUT2D eigenvalue weighted by molar-refractivity contribution is 5.84. The molecule has 2 aliphatic carbocycles.